The molecule has 1 aliphatic rings. The van der Waals surface area contributed by atoms with Crippen molar-refractivity contribution in [2.75, 3.05) is 6.54 Å². The molecule has 1 fully saturated rings. The smallest absolute Gasteiger partial charge is 0.407 e. The summed E-state index contributed by atoms with van der Waals surface area (Å²) >= 11 is 0. The number of alkyl carbamates (subject to hydrolysis) is 1. The van der Waals surface area contributed by atoms with Crippen molar-refractivity contribution in [1.29, 1.82) is 0 Å². The Labute approximate surface area is 117 Å². The predicted molar refractivity (Wildman–Crippen MR) is 78.0 cm³/mol. The third-order valence-corrected chi connectivity index (χ3v) is 3.58. The van der Waals surface area contributed by atoms with Crippen molar-refractivity contribution >= 4 is 6.09 Å². The van der Waals surface area contributed by atoms with Gasteiger partial charge in [-0.1, -0.05) is 32.1 Å². The summed E-state index contributed by atoms with van der Waals surface area (Å²) < 4.78 is 5.31. The average Bonchev–Trinajstić information content (AvgIpc) is 2.27. The zero-order valence-corrected chi connectivity index (χ0v) is 12.7. The van der Waals surface area contributed by atoms with E-state index < -0.39 is 5.60 Å². The number of nitrogens with two attached hydrogens (primary N) is 1. The minimum absolute atomic E-state index is 0.156. The van der Waals surface area contributed by atoms with Gasteiger partial charge in [0.2, 0.25) is 0 Å². The molecule has 0 unspecified atom stereocenters. The molecule has 0 saturated heterocycles. The minimum Gasteiger partial charge on any atom is -0.444 e. The molecular weight excluding hydrogens is 240 g/mol. The van der Waals surface area contributed by atoms with E-state index in [0.717, 1.165) is 18.8 Å². The highest BCUT2D eigenvalue weighted by Crippen LogP contribution is 2.27. The molecule has 3 N–H and O–H groups in total. The van der Waals surface area contributed by atoms with Crippen molar-refractivity contribution < 1.29 is 9.53 Å². The number of ether oxygens (including phenoxy) is 1. The number of rotatable bonds is 5. The molecule has 0 bridgehead atoms. The number of carbonyl (C=O) groups is 1. The van der Waals surface area contributed by atoms with E-state index in [1.807, 2.05) is 20.8 Å². The lowest BCUT2D eigenvalue weighted by Gasteiger charge is -2.28. The van der Waals surface area contributed by atoms with E-state index in [9.17, 15) is 4.79 Å². The molecule has 4 heteroatoms. The fourth-order valence-electron chi connectivity index (χ4n) is 2.75. The second-order valence-corrected chi connectivity index (χ2v) is 6.66. The van der Waals surface area contributed by atoms with Crippen LogP contribution in [-0.2, 0) is 4.74 Å². The van der Waals surface area contributed by atoms with Crippen LogP contribution in [0.3, 0.4) is 0 Å². The number of hydrogen-bond donors (Lipinski definition) is 2. The summed E-state index contributed by atoms with van der Waals surface area (Å²) in [5.74, 6) is 0.736. The van der Waals surface area contributed by atoms with Crippen LogP contribution in [0.5, 0.6) is 0 Å². The van der Waals surface area contributed by atoms with Gasteiger partial charge in [0.1, 0.15) is 5.60 Å². The Morgan fingerprint density at radius 2 is 1.95 bits per heavy atom. The third kappa shape index (κ3) is 7.41. The molecule has 112 valence electrons. The van der Waals surface area contributed by atoms with Gasteiger partial charge in [-0.15, -0.1) is 0 Å². The van der Waals surface area contributed by atoms with E-state index in [1.54, 1.807) is 0 Å². The fourth-order valence-corrected chi connectivity index (χ4v) is 2.75. The highest BCUT2D eigenvalue weighted by molar-refractivity contribution is 5.68. The maximum absolute atomic E-state index is 11.8. The first-order valence-corrected chi connectivity index (χ1v) is 7.60. The predicted octanol–water partition coefficient (Wildman–Crippen LogP) is 3.20. The van der Waals surface area contributed by atoms with Gasteiger partial charge < -0.3 is 15.8 Å². The van der Waals surface area contributed by atoms with Crippen molar-refractivity contribution in [2.24, 2.45) is 11.7 Å². The van der Waals surface area contributed by atoms with Crippen LogP contribution in [0.15, 0.2) is 0 Å². The summed E-state index contributed by atoms with van der Waals surface area (Å²) in [5, 5.41) is 2.98. The first-order chi connectivity index (χ1) is 8.90. The lowest BCUT2D eigenvalue weighted by Crippen LogP contribution is -2.41. The first kappa shape index (κ1) is 16.3. The number of carbonyl (C=O) groups excluding carboxylic acids is 1. The highest BCUT2D eigenvalue weighted by Gasteiger charge is 2.22. The van der Waals surface area contributed by atoms with Gasteiger partial charge >= 0.3 is 6.09 Å². The number of hydrogen-bond acceptors (Lipinski definition) is 3. The quantitative estimate of drug-likeness (QED) is 0.806. The van der Waals surface area contributed by atoms with Crippen molar-refractivity contribution in [3.8, 4) is 0 Å². The zero-order chi connectivity index (χ0) is 14.3. The lowest BCUT2D eigenvalue weighted by molar-refractivity contribution is 0.0493. The molecule has 19 heavy (non-hydrogen) atoms. The summed E-state index contributed by atoms with van der Waals surface area (Å²) in [4.78, 5) is 11.8. The molecule has 0 aliphatic heterocycles. The van der Waals surface area contributed by atoms with Gasteiger partial charge in [0.05, 0.1) is 0 Å². The third-order valence-electron chi connectivity index (χ3n) is 3.58. The van der Waals surface area contributed by atoms with E-state index in [-0.39, 0.29) is 12.1 Å². The molecule has 0 aromatic carbocycles. The van der Waals surface area contributed by atoms with Crippen molar-refractivity contribution in [3.05, 3.63) is 0 Å². The highest BCUT2D eigenvalue weighted by atomic mass is 16.6. The number of amides is 1. The molecule has 4 nitrogen and oxygen atoms in total. The van der Waals surface area contributed by atoms with Gasteiger partial charge in [0, 0.05) is 6.04 Å². The summed E-state index contributed by atoms with van der Waals surface area (Å²) in [6, 6.07) is 0.156. The Kier molecular flexibility index (Phi) is 6.63. The molecule has 1 saturated carbocycles. The first-order valence-electron chi connectivity index (χ1n) is 7.60. The van der Waals surface area contributed by atoms with Crippen LogP contribution in [0.4, 0.5) is 4.79 Å². The van der Waals surface area contributed by atoms with Gasteiger partial charge in [-0.25, -0.2) is 4.79 Å². The van der Waals surface area contributed by atoms with E-state index in [1.165, 1.54) is 32.1 Å². The Morgan fingerprint density at radius 3 is 2.47 bits per heavy atom. The SMILES string of the molecule is CC(C)(C)OC(=O)N[C@H](CCN)CC1CCCCC1. The lowest BCUT2D eigenvalue weighted by atomic mass is 9.84. The topological polar surface area (TPSA) is 64.3 Å². The second kappa shape index (κ2) is 7.73. The molecule has 0 radical (unpaired) electrons. The van der Waals surface area contributed by atoms with Crippen LogP contribution in [0.25, 0.3) is 0 Å². The van der Waals surface area contributed by atoms with Crippen molar-refractivity contribution in [1.82, 2.24) is 5.32 Å². The molecule has 1 atom stereocenters. The average molecular weight is 270 g/mol. The molecule has 0 heterocycles. The van der Waals surface area contributed by atoms with Gasteiger partial charge in [0.25, 0.3) is 0 Å². The fraction of sp³-hybridized carbons (Fsp3) is 0.933. The largest absolute Gasteiger partial charge is 0.444 e. The molecule has 0 aromatic rings. The summed E-state index contributed by atoms with van der Waals surface area (Å²) in [6.07, 6.45) is 8.14. The van der Waals surface area contributed by atoms with E-state index in [4.69, 9.17) is 10.5 Å². The Bertz CT molecular complexity index is 268. The van der Waals surface area contributed by atoms with Crippen LogP contribution in [-0.4, -0.2) is 24.3 Å². The Hall–Kier alpha value is -0.770. The number of nitrogens with one attached hydrogen (secondary N) is 1. The normalized spacial score (nSPS) is 18.9. The maximum atomic E-state index is 11.8. The molecule has 0 spiro atoms. The monoisotopic (exact) mass is 270 g/mol. The minimum atomic E-state index is -0.442. The van der Waals surface area contributed by atoms with Gasteiger partial charge in [-0.05, 0) is 46.1 Å². The van der Waals surface area contributed by atoms with Gasteiger partial charge in [0.15, 0.2) is 0 Å². The van der Waals surface area contributed by atoms with Crippen LogP contribution in [0, 0.1) is 5.92 Å². The summed E-state index contributed by atoms with van der Waals surface area (Å²) in [5.41, 5.74) is 5.20. The van der Waals surface area contributed by atoms with Crippen molar-refractivity contribution in [3.63, 3.8) is 0 Å². The van der Waals surface area contributed by atoms with Crippen molar-refractivity contribution in [2.45, 2.75) is 77.4 Å². The summed E-state index contributed by atoms with van der Waals surface area (Å²) in [6.45, 7) is 6.25. The molecule has 1 aliphatic carbocycles. The van der Waals surface area contributed by atoms with Gasteiger partial charge in [-0.2, -0.15) is 0 Å². The standard InChI is InChI=1S/C15H30N2O2/c1-15(2,3)19-14(18)17-13(9-10-16)11-12-7-5-4-6-8-12/h12-13H,4-11,16H2,1-3H3,(H,17,18)/t13-/m1/s1. The maximum Gasteiger partial charge on any atom is 0.407 e. The van der Waals surface area contributed by atoms with Crippen LogP contribution >= 0.6 is 0 Å². The van der Waals surface area contributed by atoms with Crippen LogP contribution in [0.2, 0.25) is 0 Å². The summed E-state index contributed by atoms with van der Waals surface area (Å²) in [7, 11) is 0. The Morgan fingerprint density at radius 1 is 1.32 bits per heavy atom. The Balaban J connectivity index is 2.40. The van der Waals surface area contributed by atoms with Gasteiger partial charge in [-0.3, -0.25) is 0 Å². The second-order valence-electron chi connectivity index (χ2n) is 6.66. The zero-order valence-electron chi connectivity index (χ0n) is 12.7. The molecule has 1 rings (SSSR count). The van der Waals surface area contributed by atoms with E-state index in [2.05, 4.69) is 5.32 Å². The van der Waals surface area contributed by atoms with E-state index >= 15 is 0 Å². The van der Waals surface area contributed by atoms with E-state index in [0.29, 0.717) is 6.54 Å². The molecule has 0 aromatic heterocycles. The van der Waals surface area contributed by atoms with Crippen LogP contribution in [0.1, 0.15) is 65.7 Å². The molecule has 1 amide bonds. The molecular formula is C15H30N2O2. The van der Waals surface area contributed by atoms with Crippen LogP contribution < -0.4 is 11.1 Å².